The molecule has 0 bridgehead atoms. The van der Waals surface area contributed by atoms with Crippen molar-refractivity contribution in [3.63, 3.8) is 0 Å². The van der Waals surface area contributed by atoms with Crippen molar-refractivity contribution in [3.8, 4) is 11.5 Å². The molecular formula is C31H46N4O8S. The quantitative estimate of drug-likeness (QED) is 0.395. The number of anilines is 2. The molecule has 13 heteroatoms. The van der Waals surface area contributed by atoms with Gasteiger partial charge in [-0.15, -0.1) is 0 Å². The zero-order valence-corrected chi connectivity index (χ0v) is 27.2. The van der Waals surface area contributed by atoms with Gasteiger partial charge in [-0.3, -0.25) is 9.52 Å². The maximum Gasteiger partial charge on any atom is 0.321 e. The van der Waals surface area contributed by atoms with Gasteiger partial charge in [0.1, 0.15) is 11.5 Å². The predicted molar refractivity (Wildman–Crippen MR) is 170 cm³/mol. The van der Waals surface area contributed by atoms with Crippen LogP contribution in [0.25, 0.3) is 0 Å². The Morgan fingerprint density at radius 1 is 1.16 bits per heavy atom. The summed E-state index contributed by atoms with van der Waals surface area (Å²) in [5, 5.41) is 13.0. The highest BCUT2D eigenvalue weighted by Gasteiger charge is 2.31. The average molecular weight is 635 g/mol. The fraction of sp³-hybridized carbons (Fsp3) is 0.548. The molecule has 0 unspecified atom stereocenters. The number of benzene rings is 2. The van der Waals surface area contributed by atoms with Crippen LogP contribution in [0.4, 0.5) is 16.2 Å². The summed E-state index contributed by atoms with van der Waals surface area (Å²) < 4.78 is 43.9. The van der Waals surface area contributed by atoms with Gasteiger partial charge in [-0.05, 0) is 75.6 Å². The van der Waals surface area contributed by atoms with Crippen LogP contribution in [-0.2, 0) is 14.8 Å². The van der Waals surface area contributed by atoms with E-state index in [1.807, 2.05) is 13.8 Å². The molecule has 3 rings (SSSR count). The van der Waals surface area contributed by atoms with E-state index >= 15 is 0 Å². The Labute approximate surface area is 260 Å². The van der Waals surface area contributed by atoms with E-state index in [0.717, 1.165) is 19.1 Å². The Morgan fingerprint density at radius 2 is 1.84 bits per heavy atom. The molecule has 1 aliphatic heterocycles. The molecule has 0 radical (unpaired) electrons. The van der Waals surface area contributed by atoms with Gasteiger partial charge in [0.15, 0.2) is 0 Å². The first kappa shape index (κ1) is 34.9. The molecule has 4 atom stereocenters. The van der Waals surface area contributed by atoms with Gasteiger partial charge in [0.25, 0.3) is 5.91 Å². The summed E-state index contributed by atoms with van der Waals surface area (Å²) in [4.78, 5) is 30.2. The number of nitrogens with one attached hydrogen (secondary N) is 2. The molecule has 12 nitrogen and oxygen atoms in total. The normalized spacial score (nSPS) is 20.8. The molecule has 2 aromatic rings. The average Bonchev–Trinajstić information content (AvgIpc) is 2.98. The maximum atomic E-state index is 14.1. The zero-order valence-electron chi connectivity index (χ0n) is 26.4. The minimum atomic E-state index is -3.59. The number of aliphatic hydroxyl groups is 1. The molecule has 0 fully saturated rings. The van der Waals surface area contributed by atoms with Gasteiger partial charge in [-0.2, -0.15) is 0 Å². The van der Waals surface area contributed by atoms with Crippen LogP contribution >= 0.6 is 0 Å². The molecule has 2 aromatic carbocycles. The Hall–Kier alpha value is -3.55. The molecule has 3 N–H and O–H groups in total. The van der Waals surface area contributed by atoms with Crippen molar-refractivity contribution >= 4 is 33.3 Å². The number of aliphatic hydroxyl groups excluding tert-OH is 1. The molecule has 0 saturated heterocycles. The van der Waals surface area contributed by atoms with E-state index in [2.05, 4.69) is 10.0 Å². The lowest BCUT2D eigenvalue weighted by Gasteiger charge is -2.35. The van der Waals surface area contributed by atoms with Crippen LogP contribution in [-0.4, -0.2) is 100 Å². The van der Waals surface area contributed by atoms with E-state index in [9.17, 15) is 23.1 Å². The van der Waals surface area contributed by atoms with E-state index in [0.29, 0.717) is 30.2 Å². The van der Waals surface area contributed by atoms with Crippen LogP contribution in [0.1, 0.15) is 50.4 Å². The number of likely N-dealkylation sites (N-methyl/N-ethyl adjacent to an activating group) is 1. The summed E-state index contributed by atoms with van der Waals surface area (Å²) in [6.07, 6.45) is 2.71. The molecule has 1 heterocycles. The topological polar surface area (TPSA) is 147 Å². The summed E-state index contributed by atoms with van der Waals surface area (Å²) in [6, 6.07) is 10.8. The monoisotopic (exact) mass is 634 g/mol. The number of hydrogen-bond donors (Lipinski definition) is 3. The van der Waals surface area contributed by atoms with Crippen LogP contribution in [0.2, 0.25) is 0 Å². The Balaban J connectivity index is 1.88. The second-order valence-electron chi connectivity index (χ2n) is 11.4. The first-order valence-corrected chi connectivity index (χ1v) is 16.7. The first-order chi connectivity index (χ1) is 20.8. The maximum absolute atomic E-state index is 14.1. The van der Waals surface area contributed by atoms with Gasteiger partial charge < -0.3 is 34.4 Å². The van der Waals surface area contributed by atoms with Crippen LogP contribution in [0.15, 0.2) is 42.5 Å². The van der Waals surface area contributed by atoms with Gasteiger partial charge in [0.05, 0.1) is 43.8 Å². The smallest absolute Gasteiger partial charge is 0.321 e. The van der Waals surface area contributed by atoms with Gasteiger partial charge in [0, 0.05) is 44.0 Å². The highest BCUT2D eigenvalue weighted by Crippen LogP contribution is 2.29. The van der Waals surface area contributed by atoms with Crippen molar-refractivity contribution in [2.45, 2.75) is 58.3 Å². The van der Waals surface area contributed by atoms with Crippen LogP contribution in [0.5, 0.6) is 11.5 Å². The largest absolute Gasteiger partial charge is 0.497 e. The molecule has 0 saturated carbocycles. The summed E-state index contributed by atoms with van der Waals surface area (Å²) >= 11 is 0. The lowest BCUT2D eigenvalue weighted by atomic mass is 10.0. The summed E-state index contributed by atoms with van der Waals surface area (Å²) in [5.41, 5.74) is 1.03. The minimum absolute atomic E-state index is 0.184. The van der Waals surface area contributed by atoms with Gasteiger partial charge in [0.2, 0.25) is 10.0 Å². The van der Waals surface area contributed by atoms with Gasteiger partial charge in [-0.25, -0.2) is 13.2 Å². The summed E-state index contributed by atoms with van der Waals surface area (Å²) in [5.74, 6) is 0.358. The Bertz CT molecular complexity index is 1350. The van der Waals surface area contributed by atoms with Crippen molar-refractivity contribution in [1.82, 2.24) is 9.80 Å². The van der Waals surface area contributed by atoms with E-state index in [-0.39, 0.29) is 49.0 Å². The fourth-order valence-electron chi connectivity index (χ4n) is 4.91. The van der Waals surface area contributed by atoms with Crippen LogP contribution in [0.3, 0.4) is 0 Å². The number of ether oxygens (including phenoxy) is 3. The molecule has 1 aliphatic rings. The highest BCUT2D eigenvalue weighted by molar-refractivity contribution is 7.92. The molecule has 0 aliphatic carbocycles. The van der Waals surface area contributed by atoms with Crippen molar-refractivity contribution in [2.75, 3.05) is 56.8 Å². The zero-order chi connectivity index (χ0) is 32.4. The van der Waals surface area contributed by atoms with Gasteiger partial charge in [-0.1, -0.05) is 6.92 Å². The lowest BCUT2D eigenvalue weighted by molar-refractivity contribution is -0.0115. The summed E-state index contributed by atoms with van der Waals surface area (Å²) in [7, 11) is -0.328. The molecule has 244 valence electrons. The first-order valence-electron chi connectivity index (χ1n) is 14.8. The number of hydrogen-bond acceptors (Lipinski definition) is 8. The second-order valence-corrected chi connectivity index (χ2v) is 13.2. The number of sulfonamides is 1. The fourth-order valence-corrected chi connectivity index (χ4v) is 5.46. The number of amides is 3. The number of methoxy groups -OCH3 is 1. The number of urea groups is 1. The van der Waals surface area contributed by atoms with E-state index in [1.165, 1.54) is 6.07 Å². The van der Waals surface area contributed by atoms with Crippen molar-refractivity contribution in [2.24, 2.45) is 5.92 Å². The minimum Gasteiger partial charge on any atom is -0.497 e. The number of carbonyl (C=O) groups excluding carboxylic acids is 2. The standard InChI is InChI=1S/C31H46N4O8S/c1-21-18-35(22(2)20-36)30(37)27-17-25(33-44(6,39)40)12-15-28(27)43-23(3)9-7-8-16-42-29(21)19-34(4)31(38)32-24-10-13-26(41-5)14-11-24/h10-15,17,21-23,29,33,36H,7-9,16,18-20H2,1-6H3,(H,32,38)/t21-,22-,23+,29+/m1/s1. The number of fused-ring (bicyclic) bond motifs is 1. The third-order valence-electron chi connectivity index (χ3n) is 7.50. The third-order valence-corrected chi connectivity index (χ3v) is 8.10. The van der Waals surface area contributed by atoms with Crippen LogP contribution in [0, 0.1) is 5.92 Å². The number of rotatable bonds is 8. The number of nitrogens with zero attached hydrogens (tertiary/aromatic N) is 2. The highest BCUT2D eigenvalue weighted by atomic mass is 32.2. The van der Waals surface area contributed by atoms with E-state index in [1.54, 1.807) is 67.3 Å². The second kappa shape index (κ2) is 16.0. The third kappa shape index (κ3) is 10.3. The number of carbonyl (C=O) groups is 2. The molecule has 0 spiro atoms. The van der Waals surface area contributed by atoms with E-state index < -0.39 is 28.1 Å². The Kier molecular flexibility index (Phi) is 12.7. The molecular weight excluding hydrogens is 588 g/mol. The molecule has 44 heavy (non-hydrogen) atoms. The molecule has 3 amide bonds. The van der Waals surface area contributed by atoms with Crippen molar-refractivity contribution < 1.29 is 37.3 Å². The van der Waals surface area contributed by atoms with E-state index in [4.69, 9.17) is 14.2 Å². The molecule has 0 aromatic heterocycles. The van der Waals surface area contributed by atoms with Crippen molar-refractivity contribution in [3.05, 3.63) is 48.0 Å². The van der Waals surface area contributed by atoms with Crippen LogP contribution < -0.4 is 19.5 Å². The Morgan fingerprint density at radius 3 is 2.48 bits per heavy atom. The predicted octanol–water partition coefficient (Wildman–Crippen LogP) is 4.03. The van der Waals surface area contributed by atoms with Gasteiger partial charge >= 0.3 is 6.03 Å². The lowest BCUT2D eigenvalue weighted by Crippen LogP contribution is -2.48. The summed E-state index contributed by atoms with van der Waals surface area (Å²) in [6.45, 7) is 6.24. The SMILES string of the molecule is COc1ccc(NC(=O)N(C)C[C@@H]2OCCCC[C@H](C)Oc3ccc(NS(C)(=O)=O)cc3C(=O)N([C@H](C)CO)C[C@H]2C)cc1. The van der Waals surface area contributed by atoms with Crippen molar-refractivity contribution in [1.29, 1.82) is 0 Å².